The van der Waals surface area contributed by atoms with Crippen molar-refractivity contribution >= 4 is 23.0 Å². The minimum absolute atomic E-state index is 0.654. The summed E-state index contributed by atoms with van der Waals surface area (Å²) < 4.78 is 0. The Morgan fingerprint density at radius 2 is 2.00 bits per heavy atom. The predicted octanol–water partition coefficient (Wildman–Crippen LogP) is 1.76. The number of benzene rings is 1. The molecule has 14 heavy (non-hydrogen) atoms. The van der Waals surface area contributed by atoms with E-state index in [9.17, 15) is 0 Å². The number of hydrogen-bond donors (Lipinski definition) is 2. The number of nitrogens with zero attached hydrogens (tertiary/aromatic N) is 1. The lowest BCUT2D eigenvalue weighted by molar-refractivity contribution is 0.416. The summed E-state index contributed by atoms with van der Waals surface area (Å²) in [5.41, 5.74) is 5.16. The highest BCUT2D eigenvalue weighted by atomic mass is 32.1. The van der Waals surface area contributed by atoms with Crippen LogP contribution >= 0.6 is 12.2 Å². The van der Waals surface area contributed by atoms with Gasteiger partial charge in [-0.1, -0.05) is 18.2 Å². The largest absolute Gasteiger partial charge is 0.331 e. The summed E-state index contributed by atoms with van der Waals surface area (Å²) in [6, 6.07) is 8.04. The van der Waals surface area contributed by atoms with Gasteiger partial charge >= 0.3 is 0 Å². The average molecular weight is 209 g/mol. The van der Waals surface area contributed by atoms with E-state index >= 15 is 0 Å². The first kappa shape index (κ1) is 10.9. The Hall–Kier alpha value is -1.13. The molecule has 0 spiro atoms. The minimum Gasteiger partial charge on any atom is -0.331 e. The second-order valence-electron chi connectivity index (χ2n) is 3.03. The molecule has 1 aromatic carbocycles. The van der Waals surface area contributed by atoms with Crippen molar-refractivity contribution in [2.75, 3.05) is 19.4 Å². The number of nitrogens with one attached hydrogen (secondary N) is 2. The van der Waals surface area contributed by atoms with E-state index in [-0.39, 0.29) is 0 Å². The van der Waals surface area contributed by atoms with Gasteiger partial charge in [0.05, 0.1) is 0 Å². The molecule has 0 fully saturated rings. The summed E-state index contributed by atoms with van der Waals surface area (Å²) in [7, 11) is 3.69. The number of hydrazine groups is 1. The molecule has 0 aromatic heterocycles. The Morgan fingerprint density at radius 3 is 2.57 bits per heavy atom. The fourth-order valence-electron chi connectivity index (χ4n) is 1.01. The molecular formula is C10H15N3S. The van der Waals surface area contributed by atoms with Gasteiger partial charge in [-0.15, -0.1) is 0 Å². The molecule has 0 radical (unpaired) electrons. The molecule has 0 aliphatic carbocycles. The van der Waals surface area contributed by atoms with Gasteiger partial charge in [-0.25, -0.2) is 5.43 Å². The second kappa shape index (κ2) is 4.93. The van der Waals surface area contributed by atoms with Gasteiger partial charge in [0.2, 0.25) is 0 Å². The van der Waals surface area contributed by atoms with Gasteiger partial charge in [-0.05, 0) is 30.8 Å². The fourth-order valence-corrected chi connectivity index (χ4v) is 1.21. The van der Waals surface area contributed by atoms with Crippen molar-refractivity contribution in [3.8, 4) is 0 Å². The van der Waals surface area contributed by atoms with Crippen molar-refractivity contribution in [3.05, 3.63) is 29.8 Å². The van der Waals surface area contributed by atoms with Gasteiger partial charge in [0, 0.05) is 19.8 Å². The Balaban J connectivity index is 2.70. The van der Waals surface area contributed by atoms with Crippen LogP contribution in [-0.4, -0.2) is 24.2 Å². The third kappa shape index (κ3) is 2.68. The van der Waals surface area contributed by atoms with E-state index in [2.05, 4.69) is 10.7 Å². The highest BCUT2D eigenvalue weighted by Crippen LogP contribution is 2.13. The molecule has 4 heteroatoms. The van der Waals surface area contributed by atoms with Crippen LogP contribution in [0.25, 0.3) is 0 Å². The summed E-state index contributed by atoms with van der Waals surface area (Å²) in [5.74, 6) is 0. The van der Waals surface area contributed by atoms with Crippen molar-refractivity contribution in [2.24, 2.45) is 0 Å². The van der Waals surface area contributed by atoms with Crippen LogP contribution in [0.15, 0.2) is 24.3 Å². The van der Waals surface area contributed by atoms with Gasteiger partial charge in [-0.3, -0.25) is 5.01 Å². The van der Waals surface area contributed by atoms with Gasteiger partial charge in [0.15, 0.2) is 5.11 Å². The first-order valence-electron chi connectivity index (χ1n) is 4.43. The number of rotatable bonds is 2. The van der Waals surface area contributed by atoms with Crippen molar-refractivity contribution in [1.82, 2.24) is 10.4 Å². The van der Waals surface area contributed by atoms with E-state index in [0.29, 0.717) is 5.11 Å². The molecule has 76 valence electrons. The summed E-state index contributed by atoms with van der Waals surface area (Å²) in [6.45, 7) is 2.05. The van der Waals surface area contributed by atoms with E-state index in [4.69, 9.17) is 12.2 Å². The molecule has 0 atom stereocenters. The maximum absolute atomic E-state index is 5.17. The highest BCUT2D eigenvalue weighted by molar-refractivity contribution is 7.80. The van der Waals surface area contributed by atoms with Gasteiger partial charge in [-0.2, -0.15) is 0 Å². The zero-order valence-corrected chi connectivity index (χ0v) is 9.48. The molecule has 2 N–H and O–H groups in total. The van der Waals surface area contributed by atoms with Crippen LogP contribution in [0.1, 0.15) is 5.56 Å². The number of hydrogen-bond acceptors (Lipinski definition) is 2. The second-order valence-corrected chi connectivity index (χ2v) is 3.41. The molecule has 0 saturated carbocycles. The SMILES string of the molecule is CNN(C)C(=S)Nc1ccccc1C. The number of anilines is 1. The van der Waals surface area contributed by atoms with Crippen molar-refractivity contribution in [1.29, 1.82) is 0 Å². The standard InChI is InChI=1S/C10H15N3S/c1-8-6-4-5-7-9(8)12-10(14)13(3)11-2/h4-7,11H,1-3H3,(H,12,14). The molecule has 0 aliphatic rings. The van der Waals surface area contributed by atoms with Crippen LogP contribution in [0.5, 0.6) is 0 Å². The van der Waals surface area contributed by atoms with Crippen molar-refractivity contribution in [2.45, 2.75) is 6.92 Å². The molecule has 3 nitrogen and oxygen atoms in total. The average Bonchev–Trinajstić information content (AvgIpc) is 2.20. The molecule has 0 amide bonds. The molecular weight excluding hydrogens is 194 g/mol. The molecule has 1 aromatic rings. The molecule has 0 heterocycles. The smallest absolute Gasteiger partial charge is 0.187 e. The third-order valence-electron chi connectivity index (χ3n) is 2.03. The van der Waals surface area contributed by atoms with E-state index in [1.807, 2.05) is 45.3 Å². The molecule has 0 bridgehead atoms. The summed E-state index contributed by atoms with van der Waals surface area (Å²) in [4.78, 5) is 0. The quantitative estimate of drug-likeness (QED) is 0.573. The Morgan fingerprint density at radius 1 is 1.36 bits per heavy atom. The lowest BCUT2D eigenvalue weighted by atomic mass is 10.2. The highest BCUT2D eigenvalue weighted by Gasteiger charge is 2.02. The number of para-hydroxylation sites is 1. The first-order valence-corrected chi connectivity index (χ1v) is 4.83. The zero-order valence-electron chi connectivity index (χ0n) is 8.66. The Labute approximate surface area is 90.1 Å². The van der Waals surface area contributed by atoms with Gasteiger partial charge in [0.25, 0.3) is 0 Å². The zero-order chi connectivity index (χ0) is 10.6. The topological polar surface area (TPSA) is 27.3 Å². The first-order chi connectivity index (χ1) is 6.65. The maximum Gasteiger partial charge on any atom is 0.187 e. The van der Waals surface area contributed by atoms with E-state index in [0.717, 1.165) is 5.69 Å². The summed E-state index contributed by atoms with van der Waals surface area (Å²) >= 11 is 5.17. The number of thiocarbonyl (C=S) groups is 1. The van der Waals surface area contributed by atoms with Crippen LogP contribution in [0, 0.1) is 6.92 Å². The van der Waals surface area contributed by atoms with Crippen LogP contribution in [0.4, 0.5) is 5.69 Å². The van der Waals surface area contributed by atoms with E-state index < -0.39 is 0 Å². The van der Waals surface area contributed by atoms with Gasteiger partial charge in [0.1, 0.15) is 0 Å². The molecule has 0 saturated heterocycles. The van der Waals surface area contributed by atoms with Crippen molar-refractivity contribution in [3.63, 3.8) is 0 Å². The van der Waals surface area contributed by atoms with Crippen LogP contribution in [0.3, 0.4) is 0 Å². The predicted molar refractivity (Wildman–Crippen MR) is 64.2 cm³/mol. The maximum atomic E-state index is 5.17. The monoisotopic (exact) mass is 209 g/mol. The molecule has 0 aliphatic heterocycles. The third-order valence-corrected chi connectivity index (χ3v) is 2.40. The van der Waals surface area contributed by atoms with Gasteiger partial charge < -0.3 is 5.32 Å². The summed E-state index contributed by atoms with van der Waals surface area (Å²) in [5, 5.41) is 5.56. The summed E-state index contributed by atoms with van der Waals surface area (Å²) in [6.07, 6.45) is 0. The normalized spacial score (nSPS) is 9.64. The Bertz CT molecular complexity index is 325. The number of aryl methyl sites for hydroxylation is 1. The minimum atomic E-state index is 0.654. The lowest BCUT2D eigenvalue weighted by Crippen LogP contribution is -2.39. The molecule has 1 rings (SSSR count). The fraction of sp³-hybridized carbons (Fsp3) is 0.300. The van der Waals surface area contributed by atoms with Crippen LogP contribution in [0.2, 0.25) is 0 Å². The van der Waals surface area contributed by atoms with E-state index in [1.165, 1.54) is 5.56 Å². The Kier molecular flexibility index (Phi) is 3.85. The van der Waals surface area contributed by atoms with E-state index in [1.54, 1.807) is 5.01 Å². The molecule has 0 unspecified atom stereocenters. The van der Waals surface area contributed by atoms with Crippen LogP contribution < -0.4 is 10.7 Å². The van der Waals surface area contributed by atoms with Crippen LogP contribution in [-0.2, 0) is 0 Å². The lowest BCUT2D eigenvalue weighted by Gasteiger charge is -2.20. The van der Waals surface area contributed by atoms with Crippen molar-refractivity contribution < 1.29 is 0 Å².